The van der Waals surface area contributed by atoms with Crippen LogP contribution in [0.15, 0.2) is 36.5 Å². The van der Waals surface area contributed by atoms with Crippen LogP contribution in [0, 0.1) is 11.6 Å². The molecule has 7 rings (SSSR count). The number of nitrogens with zero attached hydrogens (tertiary/aromatic N) is 4. The zero-order valence-corrected chi connectivity index (χ0v) is 23.1. The fraction of sp³-hybridized carbons (Fsp3) is 0.400. The predicted octanol–water partition coefficient (Wildman–Crippen LogP) is 5.45. The van der Waals surface area contributed by atoms with Gasteiger partial charge in [-0.3, -0.25) is 9.88 Å². The highest BCUT2D eigenvalue weighted by molar-refractivity contribution is 6.37. The third-order valence-electron chi connectivity index (χ3n) is 8.62. The summed E-state index contributed by atoms with van der Waals surface area (Å²) in [5, 5.41) is 15.0. The van der Waals surface area contributed by atoms with Crippen LogP contribution in [0.2, 0.25) is 5.02 Å². The van der Waals surface area contributed by atoms with Crippen molar-refractivity contribution in [3.63, 3.8) is 0 Å². The van der Waals surface area contributed by atoms with Crippen molar-refractivity contribution in [1.29, 1.82) is 0 Å². The van der Waals surface area contributed by atoms with Gasteiger partial charge in [0.25, 0.3) is 0 Å². The van der Waals surface area contributed by atoms with E-state index >= 15 is 4.39 Å². The number of ether oxygens (including phenoxy) is 1. The van der Waals surface area contributed by atoms with Crippen LogP contribution in [0.1, 0.15) is 19.3 Å². The second-order valence-electron chi connectivity index (χ2n) is 11.4. The molecule has 2 aromatic heterocycles. The predicted molar refractivity (Wildman–Crippen MR) is 153 cm³/mol. The summed E-state index contributed by atoms with van der Waals surface area (Å²) in [7, 11) is 1.86. The van der Waals surface area contributed by atoms with E-state index < -0.39 is 17.8 Å². The van der Waals surface area contributed by atoms with Gasteiger partial charge in [0.05, 0.1) is 10.7 Å². The highest BCUT2D eigenvalue weighted by atomic mass is 35.5. The number of fused-ring (bicyclic) bond motifs is 4. The van der Waals surface area contributed by atoms with E-state index in [0.717, 1.165) is 31.6 Å². The number of rotatable bonds is 5. The SMILES string of the molecule is CN1C[C@H](F)C[C@H]1COc1cc(N2CC3CCC(C2)N3)c2cnc(-c3cc(O)cc4ccc(F)c(Cl)c34)c(F)c2n1. The number of nitrogens with one attached hydrogen (secondary N) is 1. The number of alkyl halides is 1. The number of benzene rings is 2. The van der Waals surface area contributed by atoms with Crippen molar-refractivity contribution >= 4 is 39.0 Å². The van der Waals surface area contributed by atoms with E-state index in [1.807, 2.05) is 18.0 Å². The molecule has 41 heavy (non-hydrogen) atoms. The Morgan fingerprint density at radius 2 is 1.90 bits per heavy atom. The molecule has 5 heterocycles. The lowest BCUT2D eigenvalue weighted by molar-refractivity contribution is 0.193. The van der Waals surface area contributed by atoms with Gasteiger partial charge in [0.1, 0.15) is 35.6 Å². The maximum absolute atomic E-state index is 16.5. The molecule has 0 saturated carbocycles. The zero-order chi connectivity index (χ0) is 28.4. The maximum Gasteiger partial charge on any atom is 0.216 e. The quantitative estimate of drug-likeness (QED) is 0.324. The van der Waals surface area contributed by atoms with Crippen LogP contribution in [0.4, 0.5) is 18.9 Å². The fourth-order valence-electron chi connectivity index (χ4n) is 6.58. The van der Waals surface area contributed by atoms with Gasteiger partial charge >= 0.3 is 0 Å². The molecular weight excluding hydrogens is 555 g/mol. The van der Waals surface area contributed by atoms with Gasteiger partial charge in [-0.1, -0.05) is 17.7 Å². The first-order chi connectivity index (χ1) is 19.7. The van der Waals surface area contributed by atoms with Gasteiger partial charge in [-0.2, -0.15) is 0 Å². The highest BCUT2D eigenvalue weighted by Crippen LogP contribution is 2.41. The van der Waals surface area contributed by atoms with Gasteiger partial charge in [-0.25, -0.2) is 18.2 Å². The third kappa shape index (κ3) is 4.71. The number of likely N-dealkylation sites (tertiary alicyclic amines) is 1. The number of aromatic hydroxyl groups is 1. The van der Waals surface area contributed by atoms with Crippen molar-refractivity contribution < 1.29 is 23.0 Å². The number of halogens is 4. The Hall–Kier alpha value is -3.34. The van der Waals surface area contributed by atoms with Crippen LogP contribution in [0.3, 0.4) is 0 Å². The van der Waals surface area contributed by atoms with E-state index in [9.17, 15) is 13.9 Å². The molecule has 0 radical (unpaired) electrons. The molecule has 0 spiro atoms. The minimum atomic E-state index is -0.912. The summed E-state index contributed by atoms with van der Waals surface area (Å²) in [6, 6.07) is 7.80. The Balaban J connectivity index is 1.37. The number of hydrogen-bond donors (Lipinski definition) is 2. The first-order valence-corrected chi connectivity index (χ1v) is 14.2. The van der Waals surface area contributed by atoms with E-state index in [-0.39, 0.29) is 51.5 Å². The summed E-state index contributed by atoms with van der Waals surface area (Å²) in [6.07, 6.45) is 3.16. The molecule has 0 aliphatic carbocycles. The number of hydrogen-bond acceptors (Lipinski definition) is 7. The van der Waals surface area contributed by atoms with Gasteiger partial charge in [0, 0.05) is 66.4 Å². The molecule has 4 atom stereocenters. The van der Waals surface area contributed by atoms with E-state index in [0.29, 0.717) is 35.8 Å². The summed E-state index contributed by atoms with van der Waals surface area (Å²) in [5.41, 5.74) is 0.841. The zero-order valence-electron chi connectivity index (χ0n) is 22.4. The first kappa shape index (κ1) is 26.6. The van der Waals surface area contributed by atoms with Crippen molar-refractivity contribution in [2.45, 2.75) is 43.6 Å². The first-order valence-electron chi connectivity index (χ1n) is 13.8. The molecule has 3 aliphatic heterocycles. The van der Waals surface area contributed by atoms with Crippen LogP contribution in [0.25, 0.3) is 32.9 Å². The molecule has 2 bridgehead atoms. The van der Waals surface area contributed by atoms with E-state index in [1.165, 1.54) is 24.3 Å². The van der Waals surface area contributed by atoms with E-state index in [1.54, 1.807) is 6.20 Å². The summed E-state index contributed by atoms with van der Waals surface area (Å²) in [6.45, 7) is 2.06. The largest absolute Gasteiger partial charge is 0.508 e. The molecule has 3 aliphatic rings. The molecule has 0 amide bonds. The lowest BCUT2D eigenvalue weighted by Gasteiger charge is -2.35. The molecule has 2 unspecified atom stereocenters. The third-order valence-corrected chi connectivity index (χ3v) is 8.99. The molecule has 2 N–H and O–H groups in total. The lowest BCUT2D eigenvalue weighted by Crippen LogP contribution is -2.51. The van der Waals surface area contributed by atoms with Gasteiger partial charge in [0.2, 0.25) is 5.88 Å². The molecule has 7 nitrogen and oxygen atoms in total. The highest BCUT2D eigenvalue weighted by Gasteiger charge is 2.34. The summed E-state index contributed by atoms with van der Waals surface area (Å²) >= 11 is 6.33. The fourth-order valence-corrected chi connectivity index (χ4v) is 6.86. The number of phenolic OH excluding ortho intramolecular Hbond substituents is 1. The summed E-state index contributed by atoms with van der Waals surface area (Å²) < 4.78 is 51.0. The Labute approximate surface area is 239 Å². The Kier molecular flexibility index (Phi) is 6.59. The summed E-state index contributed by atoms with van der Waals surface area (Å²) in [5.74, 6) is -1.30. The molecule has 4 aromatic rings. The molecular formula is C30H29ClF3N5O2. The van der Waals surface area contributed by atoms with E-state index in [2.05, 4.69) is 20.2 Å². The maximum atomic E-state index is 16.5. The number of phenols is 1. The molecule has 3 fully saturated rings. The van der Waals surface area contributed by atoms with E-state index in [4.69, 9.17) is 16.3 Å². The molecule has 2 aromatic carbocycles. The van der Waals surface area contributed by atoms with Crippen LogP contribution < -0.4 is 15.0 Å². The van der Waals surface area contributed by atoms with Crippen molar-refractivity contribution in [2.75, 3.05) is 38.2 Å². The molecule has 11 heteroatoms. The second-order valence-corrected chi connectivity index (χ2v) is 11.8. The van der Waals surface area contributed by atoms with Crippen molar-refractivity contribution in [3.05, 3.63) is 53.2 Å². The van der Waals surface area contributed by atoms with Crippen molar-refractivity contribution in [3.8, 4) is 22.9 Å². The minimum Gasteiger partial charge on any atom is -0.508 e. The average Bonchev–Trinajstić information content (AvgIpc) is 3.46. The Morgan fingerprint density at radius 3 is 2.63 bits per heavy atom. The number of likely N-dealkylation sites (N-methyl/N-ethyl adjacent to an activating group) is 1. The Morgan fingerprint density at radius 1 is 1.12 bits per heavy atom. The number of pyridine rings is 2. The van der Waals surface area contributed by atoms with Crippen LogP contribution in [-0.4, -0.2) is 77.6 Å². The lowest BCUT2D eigenvalue weighted by atomic mass is 9.99. The minimum absolute atomic E-state index is 0.0422. The van der Waals surface area contributed by atoms with Gasteiger partial charge in [-0.15, -0.1) is 0 Å². The summed E-state index contributed by atoms with van der Waals surface area (Å²) in [4.78, 5) is 13.2. The monoisotopic (exact) mass is 583 g/mol. The number of piperazine rings is 1. The second kappa shape index (κ2) is 10.2. The van der Waals surface area contributed by atoms with Gasteiger partial charge in [-0.05, 0) is 49.9 Å². The molecule has 214 valence electrons. The van der Waals surface area contributed by atoms with Crippen LogP contribution in [0.5, 0.6) is 11.6 Å². The Bertz CT molecular complexity index is 1660. The van der Waals surface area contributed by atoms with Crippen molar-refractivity contribution in [2.24, 2.45) is 0 Å². The molecule has 3 saturated heterocycles. The topological polar surface area (TPSA) is 73.8 Å². The smallest absolute Gasteiger partial charge is 0.216 e. The average molecular weight is 584 g/mol. The normalized spacial score (nSPS) is 24.6. The van der Waals surface area contributed by atoms with Crippen molar-refractivity contribution in [1.82, 2.24) is 20.2 Å². The standard InChI is InChI=1S/C30H29ClF3N5O2/c1-38-11-16(32)7-19(38)14-41-25-9-24(39-12-17-3-4-18(13-39)36-17)22-10-35-29(28(34)30(22)37-25)21-8-20(40)6-15-2-5-23(33)27(31)26(15)21/h2,5-6,8-10,16-19,36,40H,3-4,7,11-14H2,1H3/t16-,17?,18?,19+/m1/s1. The van der Waals surface area contributed by atoms with Crippen LogP contribution in [-0.2, 0) is 0 Å². The van der Waals surface area contributed by atoms with Gasteiger partial charge < -0.3 is 20.1 Å². The van der Waals surface area contributed by atoms with Crippen LogP contribution >= 0.6 is 11.6 Å². The van der Waals surface area contributed by atoms with Gasteiger partial charge in [0.15, 0.2) is 5.82 Å². The number of anilines is 1. The number of aromatic nitrogens is 2.